The van der Waals surface area contributed by atoms with E-state index < -0.39 is 11.8 Å². The molecule has 2 aromatic carbocycles. The predicted molar refractivity (Wildman–Crippen MR) is 86.0 cm³/mol. The van der Waals surface area contributed by atoms with Crippen LogP contribution in [0.25, 0.3) is 0 Å². The highest BCUT2D eigenvalue weighted by atomic mass is 16.2. The largest absolute Gasteiger partial charge is 0.344 e. The lowest BCUT2D eigenvalue weighted by Crippen LogP contribution is -2.39. The Kier molecular flexibility index (Phi) is 5.72. The van der Waals surface area contributed by atoms with Crippen molar-refractivity contribution in [2.24, 2.45) is 0 Å². The highest BCUT2D eigenvalue weighted by Crippen LogP contribution is 2.04. The third kappa shape index (κ3) is 4.74. The van der Waals surface area contributed by atoms with Crippen LogP contribution in [-0.4, -0.2) is 11.8 Å². The van der Waals surface area contributed by atoms with Crippen molar-refractivity contribution in [3.63, 3.8) is 0 Å². The second kappa shape index (κ2) is 7.98. The topological polar surface area (TPSA) is 58.2 Å². The van der Waals surface area contributed by atoms with Crippen LogP contribution < -0.4 is 10.6 Å². The molecule has 0 saturated heterocycles. The Balaban J connectivity index is 1.77. The molecule has 0 aliphatic rings. The van der Waals surface area contributed by atoms with E-state index in [2.05, 4.69) is 17.6 Å². The molecule has 0 aliphatic heterocycles. The van der Waals surface area contributed by atoms with Crippen molar-refractivity contribution in [2.45, 2.75) is 26.4 Å². The van der Waals surface area contributed by atoms with Gasteiger partial charge in [-0.2, -0.15) is 0 Å². The Labute approximate surface area is 130 Å². The van der Waals surface area contributed by atoms with Crippen LogP contribution in [-0.2, 0) is 29.1 Å². The van der Waals surface area contributed by atoms with Gasteiger partial charge in [-0.15, -0.1) is 0 Å². The van der Waals surface area contributed by atoms with Gasteiger partial charge in [-0.3, -0.25) is 9.59 Å². The highest BCUT2D eigenvalue weighted by Gasteiger charge is 2.12. The Bertz CT molecular complexity index is 621. The predicted octanol–water partition coefficient (Wildman–Crippen LogP) is 2.18. The smallest absolute Gasteiger partial charge is 0.309 e. The van der Waals surface area contributed by atoms with Crippen molar-refractivity contribution in [2.75, 3.05) is 0 Å². The molecule has 114 valence electrons. The summed E-state index contributed by atoms with van der Waals surface area (Å²) in [5.74, 6) is -1.23. The van der Waals surface area contributed by atoms with E-state index in [4.69, 9.17) is 0 Å². The van der Waals surface area contributed by atoms with E-state index in [1.54, 1.807) is 0 Å². The van der Waals surface area contributed by atoms with Gasteiger partial charge in [0.05, 0.1) is 0 Å². The van der Waals surface area contributed by atoms with Crippen LogP contribution in [0.5, 0.6) is 0 Å². The number of benzene rings is 2. The minimum atomic E-state index is -0.617. The number of carbonyl (C=O) groups is 2. The maximum absolute atomic E-state index is 11.7. The quantitative estimate of drug-likeness (QED) is 0.831. The van der Waals surface area contributed by atoms with Crippen LogP contribution in [0.3, 0.4) is 0 Å². The zero-order valence-corrected chi connectivity index (χ0v) is 12.6. The highest BCUT2D eigenvalue weighted by molar-refractivity contribution is 6.35. The standard InChI is InChI=1S/C18H20N2O2/c1-2-14-8-10-16(11-9-14)13-20-18(22)17(21)19-12-15-6-4-3-5-7-15/h3-11H,2,12-13H2,1H3,(H,19,21)(H,20,22). The normalized spacial score (nSPS) is 10.0. The van der Waals surface area contributed by atoms with Crippen molar-refractivity contribution in [3.05, 3.63) is 71.3 Å². The molecule has 0 fully saturated rings. The summed E-state index contributed by atoms with van der Waals surface area (Å²) >= 11 is 0. The molecule has 0 radical (unpaired) electrons. The zero-order valence-electron chi connectivity index (χ0n) is 12.6. The number of nitrogens with one attached hydrogen (secondary N) is 2. The second-order valence-electron chi connectivity index (χ2n) is 5.02. The molecule has 4 nitrogen and oxygen atoms in total. The van der Waals surface area contributed by atoms with Gasteiger partial charge < -0.3 is 10.6 Å². The van der Waals surface area contributed by atoms with E-state index in [-0.39, 0.29) is 0 Å². The molecule has 0 bridgehead atoms. The molecule has 2 aromatic rings. The molecule has 0 unspecified atom stereocenters. The number of hydrogen-bond acceptors (Lipinski definition) is 2. The first-order chi connectivity index (χ1) is 10.7. The first-order valence-corrected chi connectivity index (χ1v) is 7.37. The third-order valence-corrected chi connectivity index (χ3v) is 3.39. The lowest BCUT2D eigenvalue weighted by atomic mass is 10.1. The van der Waals surface area contributed by atoms with E-state index in [0.29, 0.717) is 13.1 Å². The Morgan fingerprint density at radius 3 is 1.68 bits per heavy atom. The fraction of sp³-hybridized carbons (Fsp3) is 0.222. The first kappa shape index (κ1) is 15.8. The second-order valence-corrected chi connectivity index (χ2v) is 5.02. The summed E-state index contributed by atoms with van der Waals surface area (Å²) in [5, 5.41) is 5.22. The van der Waals surface area contributed by atoms with Gasteiger partial charge in [0, 0.05) is 13.1 Å². The molecule has 0 saturated carbocycles. The van der Waals surface area contributed by atoms with E-state index in [1.165, 1.54) is 5.56 Å². The number of aryl methyl sites for hydroxylation is 1. The molecule has 2 amide bonds. The summed E-state index contributed by atoms with van der Waals surface area (Å²) in [6.45, 7) is 2.79. The SMILES string of the molecule is CCc1ccc(CNC(=O)C(=O)NCc2ccccc2)cc1. The summed E-state index contributed by atoms with van der Waals surface area (Å²) in [7, 11) is 0. The fourth-order valence-corrected chi connectivity index (χ4v) is 2.01. The van der Waals surface area contributed by atoms with E-state index in [0.717, 1.165) is 17.5 Å². The summed E-state index contributed by atoms with van der Waals surface area (Å²) in [4.78, 5) is 23.5. The number of carbonyl (C=O) groups excluding carboxylic acids is 2. The molecular weight excluding hydrogens is 276 g/mol. The Hall–Kier alpha value is -2.62. The molecule has 2 N–H and O–H groups in total. The molecule has 0 aromatic heterocycles. The van der Waals surface area contributed by atoms with Gasteiger partial charge in [-0.1, -0.05) is 61.5 Å². The van der Waals surface area contributed by atoms with Crippen molar-refractivity contribution in [1.82, 2.24) is 10.6 Å². The average molecular weight is 296 g/mol. The first-order valence-electron chi connectivity index (χ1n) is 7.37. The van der Waals surface area contributed by atoms with Gasteiger partial charge in [0.1, 0.15) is 0 Å². The van der Waals surface area contributed by atoms with Crippen molar-refractivity contribution >= 4 is 11.8 Å². The molecule has 0 atom stereocenters. The molecule has 0 aliphatic carbocycles. The van der Waals surface area contributed by atoms with Gasteiger partial charge >= 0.3 is 11.8 Å². The van der Waals surface area contributed by atoms with Crippen LogP contribution in [0.4, 0.5) is 0 Å². The molecular formula is C18H20N2O2. The molecule has 2 rings (SSSR count). The van der Waals surface area contributed by atoms with Crippen LogP contribution in [0.1, 0.15) is 23.6 Å². The zero-order chi connectivity index (χ0) is 15.8. The summed E-state index contributed by atoms with van der Waals surface area (Å²) < 4.78 is 0. The number of hydrogen-bond donors (Lipinski definition) is 2. The van der Waals surface area contributed by atoms with Crippen LogP contribution in [0.2, 0.25) is 0 Å². The maximum Gasteiger partial charge on any atom is 0.309 e. The third-order valence-electron chi connectivity index (χ3n) is 3.39. The van der Waals surface area contributed by atoms with Crippen LogP contribution >= 0.6 is 0 Å². The van der Waals surface area contributed by atoms with Gasteiger partial charge in [-0.25, -0.2) is 0 Å². The van der Waals surface area contributed by atoms with Gasteiger partial charge in [0.15, 0.2) is 0 Å². The lowest BCUT2D eigenvalue weighted by Gasteiger charge is -2.07. The minimum absolute atomic E-state index is 0.346. The van der Waals surface area contributed by atoms with E-state index >= 15 is 0 Å². The van der Waals surface area contributed by atoms with Crippen molar-refractivity contribution in [1.29, 1.82) is 0 Å². The number of amides is 2. The summed E-state index contributed by atoms with van der Waals surface area (Å²) in [6.07, 6.45) is 0.981. The lowest BCUT2D eigenvalue weighted by molar-refractivity contribution is -0.139. The minimum Gasteiger partial charge on any atom is -0.344 e. The summed E-state index contributed by atoms with van der Waals surface area (Å²) in [6, 6.07) is 17.4. The van der Waals surface area contributed by atoms with E-state index in [9.17, 15) is 9.59 Å². The van der Waals surface area contributed by atoms with E-state index in [1.807, 2.05) is 54.6 Å². The molecule has 0 spiro atoms. The molecule has 0 heterocycles. The van der Waals surface area contributed by atoms with Crippen molar-refractivity contribution in [3.8, 4) is 0 Å². The van der Waals surface area contributed by atoms with Gasteiger partial charge in [0.2, 0.25) is 0 Å². The fourth-order valence-electron chi connectivity index (χ4n) is 2.01. The monoisotopic (exact) mass is 296 g/mol. The van der Waals surface area contributed by atoms with Gasteiger partial charge in [0.25, 0.3) is 0 Å². The van der Waals surface area contributed by atoms with Crippen LogP contribution in [0.15, 0.2) is 54.6 Å². The van der Waals surface area contributed by atoms with Crippen molar-refractivity contribution < 1.29 is 9.59 Å². The Morgan fingerprint density at radius 2 is 1.18 bits per heavy atom. The Morgan fingerprint density at radius 1 is 0.727 bits per heavy atom. The van der Waals surface area contributed by atoms with Crippen LogP contribution in [0, 0.1) is 0 Å². The average Bonchev–Trinajstić information content (AvgIpc) is 2.58. The summed E-state index contributed by atoms with van der Waals surface area (Å²) in [5.41, 5.74) is 3.18. The van der Waals surface area contributed by atoms with Gasteiger partial charge in [-0.05, 0) is 23.1 Å². The number of rotatable bonds is 5. The molecule has 22 heavy (non-hydrogen) atoms. The molecule has 4 heteroatoms. The maximum atomic E-state index is 11.7.